The quantitative estimate of drug-likeness (QED) is 0.880. The smallest absolute Gasteiger partial charge is 0.335 e. The molecule has 0 radical (unpaired) electrons. The van der Waals surface area contributed by atoms with Gasteiger partial charge in [0.05, 0.1) is 5.56 Å². The Morgan fingerprint density at radius 2 is 1.81 bits per heavy atom. The van der Waals surface area contributed by atoms with Crippen LogP contribution in [0.4, 0.5) is 5.69 Å². The van der Waals surface area contributed by atoms with Gasteiger partial charge in [-0.05, 0) is 47.9 Å². The van der Waals surface area contributed by atoms with Crippen molar-refractivity contribution in [2.24, 2.45) is 0 Å². The molecule has 0 heterocycles. The molecule has 2 aromatic carbocycles. The minimum Gasteiger partial charge on any atom is -0.755 e. The second kappa shape index (κ2) is 6.07. The Morgan fingerprint density at radius 3 is 2.29 bits per heavy atom. The highest BCUT2D eigenvalue weighted by atomic mass is 32.2. The first-order valence-corrected chi connectivity index (χ1v) is 7.21. The van der Waals surface area contributed by atoms with E-state index in [4.69, 9.17) is 5.11 Å². The first kappa shape index (κ1) is 15.2. The summed E-state index contributed by atoms with van der Waals surface area (Å²) in [6, 6.07) is 11.9. The molecule has 2 rings (SSSR count). The molecule has 0 aliphatic rings. The second-order valence-corrected chi connectivity index (χ2v) is 5.58. The lowest BCUT2D eigenvalue weighted by Gasteiger charge is -2.22. The average Bonchev–Trinajstić information content (AvgIpc) is 2.46. The fourth-order valence-electron chi connectivity index (χ4n) is 2.05. The molecule has 5 nitrogen and oxygen atoms in total. The molecule has 0 bridgehead atoms. The number of aryl methyl sites for hydroxylation is 1. The second-order valence-electron chi connectivity index (χ2n) is 4.60. The maximum Gasteiger partial charge on any atom is 0.335 e. The molecule has 0 fully saturated rings. The van der Waals surface area contributed by atoms with Crippen molar-refractivity contribution in [1.82, 2.24) is 0 Å². The molecule has 0 aliphatic carbocycles. The van der Waals surface area contributed by atoms with Gasteiger partial charge in [-0.3, -0.25) is 4.21 Å². The summed E-state index contributed by atoms with van der Waals surface area (Å²) in [5.74, 6) is -0.965. The minimum atomic E-state index is -2.31. The Balaban J connectivity index is 2.37. The van der Waals surface area contributed by atoms with Crippen LogP contribution in [-0.4, -0.2) is 26.9 Å². The molecule has 0 spiro atoms. The van der Waals surface area contributed by atoms with Crippen LogP contribution in [0.25, 0.3) is 11.1 Å². The Bertz CT molecular complexity index is 697. The molecule has 0 saturated carbocycles. The highest BCUT2D eigenvalue weighted by Crippen LogP contribution is 2.27. The predicted molar refractivity (Wildman–Crippen MR) is 80.9 cm³/mol. The van der Waals surface area contributed by atoms with Gasteiger partial charge in [0.25, 0.3) is 0 Å². The highest BCUT2D eigenvalue weighted by Gasteiger charge is 2.08. The Hall–Kier alpha value is -2.18. The maximum absolute atomic E-state index is 10.9. The van der Waals surface area contributed by atoms with Crippen LogP contribution in [0.15, 0.2) is 42.5 Å². The highest BCUT2D eigenvalue weighted by molar-refractivity contribution is 7.80. The van der Waals surface area contributed by atoms with Gasteiger partial charge in [-0.25, -0.2) is 4.79 Å². The molecule has 1 atom stereocenters. The van der Waals surface area contributed by atoms with Gasteiger partial charge in [-0.15, -0.1) is 0 Å². The topological polar surface area (TPSA) is 80.7 Å². The molecule has 0 aliphatic heterocycles. The SMILES string of the molecule is Cc1cc(N(C)S(=O)[O-])ccc1-c1ccc(C(=O)O)cc1. The number of carbonyl (C=O) groups is 1. The Morgan fingerprint density at radius 1 is 1.19 bits per heavy atom. The molecule has 21 heavy (non-hydrogen) atoms. The fraction of sp³-hybridized carbons (Fsp3) is 0.133. The summed E-state index contributed by atoms with van der Waals surface area (Å²) in [4.78, 5) is 10.8. The maximum atomic E-state index is 10.9. The van der Waals surface area contributed by atoms with Crippen LogP contribution < -0.4 is 4.31 Å². The molecule has 1 unspecified atom stereocenters. The third kappa shape index (κ3) is 3.29. The van der Waals surface area contributed by atoms with Crippen LogP contribution >= 0.6 is 0 Å². The first-order valence-electron chi connectivity index (χ1n) is 6.17. The molecule has 2 aromatic rings. The van der Waals surface area contributed by atoms with Crippen molar-refractivity contribution in [3.63, 3.8) is 0 Å². The molecule has 110 valence electrons. The summed E-state index contributed by atoms with van der Waals surface area (Å²) < 4.78 is 23.0. The molecular formula is C15H14NO4S-. The van der Waals surface area contributed by atoms with Gasteiger partial charge in [0.15, 0.2) is 0 Å². The van der Waals surface area contributed by atoms with Crippen molar-refractivity contribution in [2.45, 2.75) is 6.92 Å². The van der Waals surface area contributed by atoms with E-state index < -0.39 is 17.2 Å². The van der Waals surface area contributed by atoms with E-state index in [0.29, 0.717) is 5.69 Å². The zero-order valence-electron chi connectivity index (χ0n) is 11.6. The van der Waals surface area contributed by atoms with Crippen LogP contribution in [0, 0.1) is 6.92 Å². The summed E-state index contributed by atoms with van der Waals surface area (Å²) in [5, 5.41) is 8.89. The number of rotatable bonds is 4. The van der Waals surface area contributed by atoms with Crippen molar-refractivity contribution in [3.8, 4) is 11.1 Å². The zero-order chi connectivity index (χ0) is 15.6. The lowest BCUT2D eigenvalue weighted by atomic mass is 9.99. The third-order valence-corrected chi connectivity index (χ3v) is 3.90. The molecule has 6 heteroatoms. The van der Waals surface area contributed by atoms with Crippen LogP contribution in [0.1, 0.15) is 15.9 Å². The number of aromatic carboxylic acids is 1. The zero-order valence-corrected chi connectivity index (χ0v) is 12.4. The molecule has 0 amide bonds. The number of carboxylic acids is 1. The number of hydrogen-bond donors (Lipinski definition) is 1. The standard InChI is InChI=1S/C15H15NO4S/c1-10-9-13(16(2)21(19)20)7-8-14(10)11-3-5-12(6-4-11)15(17)18/h3-9H,1-2H3,(H,17,18)(H,19,20)/p-1. The minimum absolute atomic E-state index is 0.231. The predicted octanol–water partition coefficient (Wildman–Crippen LogP) is 2.59. The number of hydrogen-bond acceptors (Lipinski definition) is 3. The number of nitrogens with zero attached hydrogens (tertiary/aromatic N) is 1. The monoisotopic (exact) mass is 304 g/mol. The van der Waals surface area contributed by atoms with E-state index >= 15 is 0 Å². The Kier molecular flexibility index (Phi) is 4.40. The summed E-state index contributed by atoms with van der Waals surface area (Å²) in [6.45, 7) is 1.88. The van der Waals surface area contributed by atoms with Crippen LogP contribution in [-0.2, 0) is 11.3 Å². The normalized spacial score (nSPS) is 12.0. The summed E-state index contributed by atoms with van der Waals surface area (Å²) in [5.41, 5.74) is 3.53. The van der Waals surface area contributed by atoms with Crippen molar-refractivity contribution in [3.05, 3.63) is 53.6 Å². The molecule has 1 N–H and O–H groups in total. The lowest BCUT2D eigenvalue weighted by molar-refractivity contribution is 0.0697. The van der Waals surface area contributed by atoms with E-state index in [1.807, 2.05) is 13.0 Å². The lowest BCUT2D eigenvalue weighted by Crippen LogP contribution is -2.19. The van der Waals surface area contributed by atoms with Gasteiger partial charge in [-0.1, -0.05) is 18.2 Å². The van der Waals surface area contributed by atoms with Crippen LogP contribution in [0.2, 0.25) is 0 Å². The van der Waals surface area contributed by atoms with Crippen molar-refractivity contribution in [2.75, 3.05) is 11.4 Å². The van der Waals surface area contributed by atoms with Gasteiger partial charge < -0.3 is 14.0 Å². The van der Waals surface area contributed by atoms with E-state index in [1.54, 1.807) is 36.4 Å². The average molecular weight is 304 g/mol. The van der Waals surface area contributed by atoms with Crippen LogP contribution in [0.5, 0.6) is 0 Å². The van der Waals surface area contributed by atoms with Crippen LogP contribution in [0.3, 0.4) is 0 Å². The van der Waals surface area contributed by atoms with Gasteiger partial charge >= 0.3 is 5.97 Å². The van der Waals surface area contributed by atoms with Crippen molar-refractivity contribution in [1.29, 1.82) is 0 Å². The number of carboxylic acid groups (broad SMARTS) is 1. The third-order valence-electron chi connectivity index (χ3n) is 3.24. The molecular weight excluding hydrogens is 290 g/mol. The van der Waals surface area contributed by atoms with Gasteiger partial charge in [-0.2, -0.15) is 0 Å². The number of anilines is 1. The van der Waals surface area contributed by atoms with E-state index in [1.165, 1.54) is 7.05 Å². The van der Waals surface area contributed by atoms with Crippen molar-refractivity contribution >= 4 is 22.9 Å². The van der Waals surface area contributed by atoms with E-state index in [-0.39, 0.29) is 5.56 Å². The molecule has 0 aromatic heterocycles. The van der Waals surface area contributed by atoms with E-state index in [2.05, 4.69) is 0 Å². The first-order chi connectivity index (χ1) is 9.90. The summed E-state index contributed by atoms with van der Waals surface area (Å²) in [6.07, 6.45) is 0. The summed E-state index contributed by atoms with van der Waals surface area (Å²) in [7, 11) is 1.47. The Labute approximate surface area is 125 Å². The van der Waals surface area contributed by atoms with Gasteiger partial charge in [0.1, 0.15) is 0 Å². The largest absolute Gasteiger partial charge is 0.755 e. The number of benzene rings is 2. The summed E-state index contributed by atoms with van der Waals surface area (Å²) >= 11 is -2.31. The fourth-order valence-corrected chi connectivity index (χ4v) is 2.33. The van der Waals surface area contributed by atoms with E-state index in [9.17, 15) is 13.6 Å². The van der Waals surface area contributed by atoms with Gasteiger partial charge in [0.2, 0.25) is 0 Å². The van der Waals surface area contributed by atoms with Crippen molar-refractivity contribution < 1.29 is 18.7 Å². The van der Waals surface area contributed by atoms with E-state index in [0.717, 1.165) is 21.0 Å². The van der Waals surface area contributed by atoms with Gasteiger partial charge in [0, 0.05) is 24.0 Å². The molecule has 0 saturated heterocycles.